The minimum Gasteiger partial charge on any atom is -0.466 e. The number of carbonyl (C=O) groups excluding carboxylic acids is 1. The quantitative estimate of drug-likeness (QED) is 0.761. The van der Waals surface area contributed by atoms with Gasteiger partial charge in [0.25, 0.3) is 0 Å². The van der Waals surface area contributed by atoms with Crippen molar-refractivity contribution in [2.24, 2.45) is 0 Å². The van der Waals surface area contributed by atoms with Crippen molar-refractivity contribution in [2.75, 3.05) is 6.61 Å². The number of aromatic nitrogens is 3. The van der Waals surface area contributed by atoms with E-state index in [4.69, 9.17) is 4.74 Å². The summed E-state index contributed by atoms with van der Waals surface area (Å²) in [6, 6.07) is 6.08. The van der Waals surface area contributed by atoms with Crippen molar-refractivity contribution in [2.45, 2.75) is 26.3 Å². The Hall–Kier alpha value is -2.24. The topological polar surface area (TPSA) is 57.0 Å². The molecule has 0 spiro atoms. The molecule has 0 saturated carbocycles. The Morgan fingerprint density at radius 1 is 1.35 bits per heavy atom. The number of rotatable bonds is 6. The lowest BCUT2D eigenvalue weighted by Crippen LogP contribution is -2.06. The van der Waals surface area contributed by atoms with E-state index in [2.05, 4.69) is 10.3 Å². The molecule has 1 aromatic heterocycles. The van der Waals surface area contributed by atoms with Gasteiger partial charge in [-0.2, -0.15) is 0 Å². The maximum Gasteiger partial charge on any atom is 0.305 e. The summed E-state index contributed by atoms with van der Waals surface area (Å²) in [7, 11) is 0. The first-order chi connectivity index (χ1) is 9.69. The second-order valence-corrected chi connectivity index (χ2v) is 4.28. The summed E-state index contributed by atoms with van der Waals surface area (Å²) in [6.07, 6.45) is 2.78. The summed E-state index contributed by atoms with van der Waals surface area (Å²) >= 11 is 0. The number of benzene rings is 1. The van der Waals surface area contributed by atoms with Gasteiger partial charge in [0, 0.05) is 18.5 Å². The molecule has 0 unspecified atom stereocenters. The van der Waals surface area contributed by atoms with Crippen LogP contribution in [0.2, 0.25) is 0 Å². The normalized spacial score (nSPS) is 10.5. The van der Waals surface area contributed by atoms with Crippen LogP contribution in [0, 0.1) is 5.82 Å². The van der Waals surface area contributed by atoms with Crippen molar-refractivity contribution in [1.82, 2.24) is 15.0 Å². The fourth-order valence-electron chi connectivity index (χ4n) is 1.78. The van der Waals surface area contributed by atoms with Crippen molar-refractivity contribution >= 4 is 5.97 Å². The Kier molecular flexibility index (Phi) is 4.81. The van der Waals surface area contributed by atoms with Gasteiger partial charge in [-0.05, 0) is 37.6 Å². The standard InChI is InChI=1S/C14H16FN3O2/c1-2-20-14(19)4-3-9-18-10-13(16-17-18)11-5-7-12(15)8-6-11/h5-8,10H,2-4,9H2,1H3. The first-order valence-electron chi connectivity index (χ1n) is 6.50. The number of ether oxygens (including phenoxy) is 1. The molecule has 0 aliphatic heterocycles. The Balaban J connectivity index is 1.89. The number of hydrogen-bond donors (Lipinski definition) is 0. The lowest BCUT2D eigenvalue weighted by molar-refractivity contribution is -0.143. The smallest absolute Gasteiger partial charge is 0.305 e. The van der Waals surface area contributed by atoms with Crippen LogP contribution in [-0.2, 0) is 16.1 Å². The average Bonchev–Trinajstić information content (AvgIpc) is 2.89. The molecule has 0 atom stereocenters. The number of esters is 1. The fourth-order valence-corrected chi connectivity index (χ4v) is 1.78. The van der Waals surface area contributed by atoms with E-state index in [9.17, 15) is 9.18 Å². The van der Waals surface area contributed by atoms with Gasteiger partial charge in [-0.25, -0.2) is 4.39 Å². The number of carbonyl (C=O) groups is 1. The highest BCUT2D eigenvalue weighted by atomic mass is 19.1. The van der Waals surface area contributed by atoms with Crippen LogP contribution in [0.15, 0.2) is 30.5 Å². The molecule has 0 saturated heterocycles. The van der Waals surface area contributed by atoms with Gasteiger partial charge in [0.05, 0.1) is 12.8 Å². The van der Waals surface area contributed by atoms with Gasteiger partial charge >= 0.3 is 5.97 Å². The molecular weight excluding hydrogens is 261 g/mol. The maximum atomic E-state index is 12.8. The van der Waals surface area contributed by atoms with Crippen LogP contribution in [-0.4, -0.2) is 27.6 Å². The minimum absolute atomic E-state index is 0.202. The number of aryl methyl sites for hydroxylation is 1. The van der Waals surface area contributed by atoms with Gasteiger partial charge in [0.15, 0.2) is 0 Å². The van der Waals surface area contributed by atoms with E-state index >= 15 is 0 Å². The van der Waals surface area contributed by atoms with E-state index in [0.717, 1.165) is 5.56 Å². The highest BCUT2D eigenvalue weighted by molar-refractivity contribution is 5.69. The highest BCUT2D eigenvalue weighted by Gasteiger charge is 2.05. The maximum absolute atomic E-state index is 12.8. The predicted molar refractivity (Wildman–Crippen MR) is 71.3 cm³/mol. The third kappa shape index (κ3) is 3.88. The van der Waals surface area contributed by atoms with Crippen molar-refractivity contribution < 1.29 is 13.9 Å². The number of nitrogens with zero attached hydrogens (tertiary/aromatic N) is 3. The van der Waals surface area contributed by atoms with Gasteiger partial charge in [-0.15, -0.1) is 5.10 Å². The molecule has 0 aliphatic carbocycles. The molecule has 106 valence electrons. The lowest BCUT2D eigenvalue weighted by Gasteiger charge is -2.01. The second-order valence-electron chi connectivity index (χ2n) is 4.28. The molecule has 2 aromatic rings. The van der Waals surface area contributed by atoms with Gasteiger partial charge in [-0.3, -0.25) is 9.48 Å². The summed E-state index contributed by atoms with van der Waals surface area (Å²) in [5.74, 6) is -0.484. The Morgan fingerprint density at radius 3 is 2.80 bits per heavy atom. The molecule has 20 heavy (non-hydrogen) atoms. The molecule has 0 radical (unpaired) electrons. The van der Waals surface area contributed by atoms with E-state index in [1.165, 1.54) is 12.1 Å². The molecule has 1 aromatic carbocycles. The van der Waals surface area contributed by atoms with Crippen LogP contribution in [0.3, 0.4) is 0 Å². The lowest BCUT2D eigenvalue weighted by atomic mass is 10.2. The summed E-state index contributed by atoms with van der Waals surface area (Å²) < 4.78 is 19.3. The van der Waals surface area contributed by atoms with Crippen LogP contribution < -0.4 is 0 Å². The molecule has 0 bridgehead atoms. The fraction of sp³-hybridized carbons (Fsp3) is 0.357. The molecule has 0 N–H and O–H groups in total. The van der Waals surface area contributed by atoms with Crippen LogP contribution >= 0.6 is 0 Å². The third-order valence-electron chi connectivity index (χ3n) is 2.75. The minimum atomic E-state index is -0.282. The molecule has 2 rings (SSSR count). The van der Waals surface area contributed by atoms with Gasteiger partial charge < -0.3 is 4.74 Å². The van der Waals surface area contributed by atoms with E-state index in [0.29, 0.717) is 31.7 Å². The first kappa shape index (κ1) is 14.2. The molecule has 0 amide bonds. The summed E-state index contributed by atoms with van der Waals surface area (Å²) in [5, 5.41) is 8.00. The van der Waals surface area contributed by atoms with Crippen LogP contribution in [0.1, 0.15) is 19.8 Å². The van der Waals surface area contributed by atoms with E-state index < -0.39 is 0 Å². The third-order valence-corrected chi connectivity index (χ3v) is 2.75. The van der Waals surface area contributed by atoms with Gasteiger partial charge in [0.2, 0.25) is 0 Å². The summed E-state index contributed by atoms with van der Waals surface area (Å²) in [5.41, 5.74) is 1.49. The molecule has 6 heteroatoms. The zero-order valence-corrected chi connectivity index (χ0v) is 11.3. The Labute approximate surface area is 116 Å². The summed E-state index contributed by atoms with van der Waals surface area (Å²) in [4.78, 5) is 11.2. The average molecular weight is 277 g/mol. The van der Waals surface area contributed by atoms with Crippen LogP contribution in [0.5, 0.6) is 0 Å². The van der Waals surface area contributed by atoms with E-state index in [1.807, 2.05) is 0 Å². The zero-order chi connectivity index (χ0) is 14.4. The van der Waals surface area contributed by atoms with E-state index in [-0.39, 0.29) is 11.8 Å². The monoisotopic (exact) mass is 277 g/mol. The molecule has 1 heterocycles. The zero-order valence-electron chi connectivity index (χ0n) is 11.3. The number of hydrogen-bond acceptors (Lipinski definition) is 4. The van der Waals surface area contributed by atoms with Crippen LogP contribution in [0.4, 0.5) is 4.39 Å². The van der Waals surface area contributed by atoms with E-state index in [1.54, 1.807) is 29.9 Å². The van der Waals surface area contributed by atoms with Crippen LogP contribution in [0.25, 0.3) is 11.3 Å². The van der Waals surface area contributed by atoms with Gasteiger partial charge in [0.1, 0.15) is 11.5 Å². The van der Waals surface area contributed by atoms with Gasteiger partial charge in [-0.1, -0.05) is 5.21 Å². The molecule has 0 fully saturated rings. The highest BCUT2D eigenvalue weighted by Crippen LogP contribution is 2.16. The van der Waals surface area contributed by atoms with Crippen molar-refractivity contribution in [3.05, 3.63) is 36.3 Å². The SMILES string of the molecule is CCOC(=O)CCCn1cc(-c2ccc(F)cc2)nn1. The number of halogens is 1. The molecule has 5 nitrogen and oxygen atoms in total. The van der Waals surface area contributed by atoms with Crippen molar-refractivity contribution in [3.8, 4) is 11.3 Å². The first-order valence-corrected chi connectivity index (χ1v) is 6.50. The second kappa shape index (κ2) is 6.79. The largest absolute Gasteiger partial charge is 0.466 e. The molecular formula is C14H16FN3O2. The Bertz CT molecular complexity index is 566. The Morgan fingerprint density at radius 2 is 2.10 bits per heavy atom. The predicted octanol–water partition coefficient (Wildman–Crippen LogP) is 2.43. The van der Waals surface area contributed by atoms with Crippen molar-refractivity contribution in [3.63, 3.8) is 0 Å². The molecule has 0 aliphatic rings. The summed E-state index contributed by atoms with van der Waals surface area (Å²) in [6.45, 7) is 2.77. The van der Waals surface area contributed by atoms with Crippen molar-refractivity contribution in [1.29, 1.82) is 0 Å².